The summed E-state index contributed by atoms with van der Waals surface area (Å²) in [5.41, 5.74) is 1.32. The molecule has 1 saturated heterocycles. The van der Waals surface area contributed by atoms with E-state index >= 15 is 0 Å². The third kappa shape index (κ3) is 5.47. The molecule has 2 aromatic rings. The summed E-state index contributed by atoms with van der Waals surface area (Å²) in [4.78, 5) is 18.8. The molecule has 0 spiro atoms. The summed E-state index contributed by atoms with van der Waals surface area (Å²) in [5, 5.41) is 8.73. The number of nitrogens with zero attached hydrogens (tertiary/aromatic N) is 2. The molecule has 5 heteroatoms. The second kappa shape index (κ2) is 10.1. The van der Waals surface area contributed by atoms with E-state index in [9.17, 15) is 4.79 Å². The second-order valence-corrected chi connectivity index (χ2v) is 7.47. The van der Waals surface area contributed by atoms with Crippen molar-refractivity contribution in [3.05, 3.63) is 48.0 Å². The van der Waals surface area contributed by atoms with Crippen LogP contribution in [0, 0.1) is 5.92 Å². The van der Waals surface area contributed by atoms with Crippen molar-refractivity contribution >= 4 is 22.6 Å². The van der Waals surface area contributed by atoms with Gasteiger partial charge in [-0.2, -0.15) is 0 Å². The van der Waals surface area contributed by atoms with Crippen LogP contribution in [0.2, 0.25) is 0 Å². The third-order valence-electron chi connectivity index (χ3n) is 5.48. The molecule has 2 aromatic carbocycles. The van der Waals surface area contributed by atoms with Gasteiger partial charge in [0, 0.05) is 39.6 Å². The van der Waals surface area contributed by atoms with Crippen molar-refractivity contribution in [1.29, 1.82) is 0 Å². The van der Waals surface area contributed by atoms with E-state index in [0.717, 1.165) is 51.4 Å². The summed E-state index contributed by atoms with van der Waals surface area (Å²) in [7, 11) is 1.71. The van der Waals surface area contributed by atoms with E-state index in [2.05, 4.69) is 64.9 Å². The fourth-order valence-electron chi connectivity index (χ4n) is 3.82. The Kier molecular flexibility index (Phi) is 7.29. The predicted molar refractivity (Wildman–Crippen MR) is 117 cm³/mol. The molecule has 1 fully saturated rings. The van der Waals surface area contributed by atoms with E-state index in [1.165, 1.54) is 16.3 Å². The maximum absolute atomic E-state index is 11.6. The summed E-state index contributed by atoms with van der Waals surface area (Å²) >= 11 is 0. The largest absolute Gasteiger partial charge is 0.359 e. The average molecular weight is 381 g/mol. The van der Waals surface area contributed by atoms with E-state index in [4.69, 9.17) is 4.99 Å². The number of rotatable bonds is 6. The van der Waals surface area contributed by atoms with Crippen molar-refractivity contribution in [2.45, 2.75) is 32.6 Å². The second-order valence-electron chi connectivity index (χ2n) is 7.47. The SMILES string of the molecule is CCNC(=NCCc1ccc2ccccc2c1)N1CCC(CC(=O)NC)CC1. The smallest absolute Gasteiger partial charge is 0.220 e. The van der Waals surface area contributed by atoms with Crippen molar-refractivity contribution in [3.63, 3.8) is 0 Å². The molecular weight excluding hydrogens is 348 g/mol. The Morgan fingerprint density at radius 3 is 2.61 bits per heavy atom. The zero-order valence-electron chi connectivity index (χ0n) is 17.1. The van der Waals surface area contributed by atoms with Crippen LogP contribution in [0.25, 0.3) is 10.8 Å². The van der Waals surface area contributed by atoms with Gasteiger partial charge in [-0.15, -0.1) is 0 Å². The third-order valence-corrected chi connectivity index (χ3v) is 5.48. The highest BCUT2D eigenvalue weighted by molar-refractivity contribution is 5.83. The number of aliphatic imine (C=N–C) groups is 1. The van der Waals surface area contributed by atoms with Crippen molar-refractivity contribution < 1.29 is 4.79 Å². The van der Waals surface area contributed by atoms with Crippen LogP contribution in [0.15, 0.2) is 47.5 Å². The summed E-state index contributed by atoms with van der Waals surface area (Å²) < 4.78 is 0. The standard InChI is InChI=1S/C23H32N4O/c1-3-25-23(27-14-11-19(12-15-27)17-22(28)24-2)26-13-10-18-8-9-20-6-4-5-7-21(20)16-18/h4-9,16,19H,3,10-15,17H2,1-2H3,(H,24,28)(H,25,26). The van der Waals surface area contributed by atoms with E-state index in [0.29, 0.717) is 12.3 Å². The molecule has 0 saturated carbocycles. The van der Waals surface area contributed by atoms with Gasteiger partial charge in [0.1, 0.15) is 0 Å². The Balaban J connectivity index is 1.55. The molecule has 0 unspecified atom stereocenters. The molecule has 5 nitrogen and oxygen atoms in total. The Morgan fingerprint density at radius 2 is 1.89 bits per heavy atom. The van der Waals surface area contributed by atoms with Crippen molar-refractivity contribution in [2.75, 3.05) is 33.2 Å². The lowest BCUT2D eigenvalue weighted by Crippen LogP contribution is -2.46. The van der Waals surface area contributed by atoms with Gasteiger partial charge in [0.15, 0.2) is 5.96 Å². The number of fused-ring (bicyclic) bond motifs is 1. The number of hydrogen-bond acceptors (Lipinski definition) is 2. The molecule has 0 radical (unpaired) electrons. The first-order chi connectivity index (χ1) is 13.7. The summed E-state index contributed by atoms with van der Waals surface area (Å²) in [5.74, 6) is 1.63. The van der Waals surface area contributed by atoms with Crippen LogP contribution < -0.4 is 10.6 Å². The first-order valence-corrected chi connectivity index (χ1v) is 10.4. The van der Waals surface area contributed by atoms with Crippen LogP contribution in [0.1, 0.15) is 31.7 Å². The van der Waals surface area contributed by atoms with Crippen LogP contribution in [0.3, 0.4) is 0 Å². The fraction of sp³-hybridized carbons (Fsp3) is 0.478. The summed E-state index contributed by atoms with van der Waals surface area (Å²) in [6.45, 7) is 5.68. The zero-order valence-corrected chi connectivity index (χ0v) is 17.1. The number of guanidine groups is 1. The molecule has 28 heavy (non-hydrogen) atoms. The van der Waals surface area contributed by atoms with Gasteiger partial charge >= 0.3 is 0 Å². The lowest BCUT2D eigenvalue weighted by Gasteiger charge is -2.34. The van der Waals surface area contributed by atoms with Gasteiger partial charge < -0.3 is 15.5 Å². The summed E-state index contributed by atoms with van der Waals surface area (Å²) in [6.07, 6.45) is 3.66. The number of amides is 1. The van der Waals surface area contributed by atoms with Gasteiger partial charge in [-0.3, -0.25) is 9.79 Å². The minimum atomic E-state index is 0.148. The summed E-state index contributed by atoms with van der Waals surface area (Å²) in [6, 6.07) is 15.1. The number of nitrogens with one attached hydrogen (secondary N) is 2. The lowest BCUT2D eigenvalue weighted by atomic mass is 9.93. The van der Waals surface area contributed by atoms with E-state index in [1.54, 1.807) is 7.05 Å². The molecule has 1 heterocycles. The number of hydrogen-bond donors (Lipinski definition) is 2. The van der Waals surface area contributed by atoms with E-state index in [1.807, 2.05) is 0 Å². The van der Waals surface area contributed by atoms with Gasteiger partial charge in [-0.1, -0.05) is 42.5 Å². The molecule has 0 aromatic heterocycles. The van der Waals surface area contributed by atoms with Crippen LogP contribution in [-0.2, 0) is 11.2 Å². The highest BCUT2D eigenvalue weighted by Gasteiger charge is 2.22. The van der Waals surface area contributed by atoms with Gasteiger partial charge in [-0.25, -0.2) is 0 Å². The Labute approximate surface area is 168 Å². The first kappa shape index (κ1) is 20.2. The van der Waals surface area contributed by atoms with Crippen LogP contribution >= 0.6 is 0 Å². The van der Waals surface area contributed by atoms with Gasteiger partial charge in [0.2, 0.25) is 5.91 Å². The highest BCUT2D eigenvalue weighted by Crippen LogP contribution is 2.20. The molecular formula is C23H32N4O. The molecule has 2 N–H and O–H groups in total. The quantitative estimate of drug-likeness (QED) is 0.598. The molecule has 1 amide bonds. The predicted octanol–water partition coefficient (Wildman–Crippen LogP) is 3.20. The minimum absolute atomic E-state index is 0.148. The number of benzene rings is 2. The molecule has 0 bridgehead atoms. The van der Waals surface area contributed by atoms with Gasteiger partial charge in [0.25, 0.3) is 0 Å². The Hall–Kier alpha value is -2.56. The molecule has 150 valence electrons. The van der Waals surface area contributed by atoms with Gasteiger partial charge in [0.05, 0.1) is 0 Å². The molecule has 3 rings (SSSR count). The minimum Gasteiger partial charge on any atom is -0.359 e. The molecule has 0 atom stereocenters. The van der Waals surface area contributed by atoms with Crippen LogP contribution in [0.4, 0.5) is 0 Å². The maximum atomic E-state index is 11.6. The maximum Gasteiger partial charge on any atom is 0.220 e. The van der Waals surface area contributed by atoms with E-state index in [-0.39, 0.29) is 5.91 Å². The van der Waals surface area contributed by atoms with Crippen LogP contribution in [-0.4, -0.2) is 50.0 Å². The van der Waals surface area contributed by atoms with Crippen molar-refractivity contribution in [2.24, 2.45) is 10.9 Å². The number of carbonyl (C=O) groups is 1. The number of piperidine rings is 1. The van der Waals surface area contributed by atoms with Gasteiger partial charge in [-0.05, 0) is 48.4 Å². The normalized spacial score (nSPS) is 15.6. The lowest BCUT2D eigenvalue weighted by molar-refractivity contribution is -0.121. The molecule has 0 aliphatic carbocycles. The highest BCUT2D eigenvalue weighted by atomic mass is 16.1. The average Bonchev–Trinajstić information content (AvgIpc) is 2.73. The number of likely N-dealkylation sites (tertiary alicyclic amines) is 1. The fourth-order valence-corrected chi connectivity index (χ4v) is 3.82. The molecule has 1 aliphatic rings. The van der Waals surface area contributed by atoms with Crippen molar-refractivity contribution in [3.8, 4) is 0 Å². The topological polar surface area (TPSA) is 56.7 Å². The number of carbonyl (C=O) groups excluding carboxylic acids is 1. The van der Waals surface area contributed by atoms with Crippen LogP contribution in [0.5, 0.6) is 0 Å². The Bertz CT molecular complexity index is 809. The monoisotopic (exact) mass is 380 g/mol. The zero-order chi connectivity index (χ0) is 19.8. The van der Waals surface area contributed by atoms with Crippen molar-refractivity contribution in [1.82, 2.24) is 15.5 Å². The first-order valence-electron chi connectivity index (χ1n) is 10.4. The molecule has 1 aliphatic heterocycles. The van der Waals surface area contributed by atoms with E-state index < -0.39 is 0 Å². The Morgan fingerprint density at radius 1 is 1.14 bits per heavy atom.